The third kappa shape index (κ3) is 5.05. The van der Waals surface area contributed by atoms with Crippen LogP contribution in [0.5, 0.6) is 0 Å². The van der Waals surface area contributed by atoms with Gasteiger partial charge >= 0.3 is 0 Å². The molecule has 14 aromatic rings. The van der Waals surface area contributed by atoms with Crippen molar-refractivity contribution in [2.45, 2.75) is 0 Å². The zero-order valence-corrected chi connectivity index (χ0v) is 34.5. The van der Waals surface area contributed by atoms with Crippen LogP contribution in [0.3, 0.4) is 0 Å². The molecule has 0 spiro atoms. The zero-order valence-electron chi connectivity index (χ0n) is 41.7. The van der Waals surface area contributed by atoms with Gasteiger partial charge in [0.05, 0.1) is 55.4 Å². The van der Waals surface area contributed by atoms with Crippen molar-refractivity contribution in [3.63, 3.8) is 0 Å². The molecule has 5 nitrogen and oxygen atoms in total. The van der Waals surface area contributed by atoms with Gasteiger partial charge in [0.15, 0.2) is 0 Å². The van der Waals surface area contributed by atoms with E-state index < -0.39 is 48.3 Å². The predicted molar refractivity (Wildman–Crippen MR) is 269 cm³/mol. The molecular formula is C58H35N5S. The smallest absolute Gasteiger partial charge is 0.237 e. The second-order valence-electron chi connectivity index (χ2n) is 15.9. The SMILES string of the molecule is [2H]c1c([2H])c([2H])c2c(c1[2H])c1c([2H])c([2H])c([2H])c([2H])c1n2-c1cc(-c2c(-c3ccc4sc5ccccc5c4c3)cccc2-n2c3ccccc3c3ccccc32)nc(-n2c3ccccc3c3ccccc32)n1. The molecule has 5 aromatic heterocycles. The third-order valence-electron chi connectivity index (χ3n) is 12.5. The number of hydrogen-bond donors (Lipinski definition) is 0. The van der Waals surface area contributed by atoms with Crippen molar-refractivity contribution in [1.29, 1.82) is 0 Å². The molecule has 0 radical (unpaired) electrons. The zero-order chi connectivity index (χ0) is 48.8. The monoisotopic (exact) mass is 841 g/mol. The Balaban J connectivity index is 1.19. The van der Waals surface area contributed by atoms with Gasteiger partial charge in [0.1, 0.15) is 5.82 Å². The summed E-state index contributed by atoms with van der Waals surface area (Å²) in [6, 6.07) is 51.9. The molecule has 6 heteroatoms. The molecule has 298 valence electrons. The van der Waals surface area contributed by atoms with Gasteiger partial charge in [-0.15, -0.1) is 11.3 Å². The van der Waals surface area contributed by atoms with Crippen LogP contribution in [0.25, 0.3) is 125 Å². The van der Waals surface area contributed by atoms with Gasteiger partial charge in [-0.1, -0.05) is 145 Å². The summed E-state index contributed by atoms with van der Waals surface area (Å²) in [6.07, 6.45) is 0. The Kier molecular flexibility index (Phi) is 6.01. The third-order valence-corrected chi connectivity index (χ3v) is 13.7. The lowest BCUT2D eigenvalue weighted by Crippen LogP contribution is -2.09. The summed E-state index contributed by atoms with van der Waals surface area (Å²) in [5.41, 5.74) is 7.30. The molecule has 0 fully saturated rings. The van der Waals surface area contributed by atoms with Crippen LogP contribution in [0.2, 0.25) is 0 Å². The molecular weight excluding hydrogens is 799 g/mol. The van der Waals surface area contributed by atoms with Gasteiger partial charge in [-0.2, -0.15) is 4.98 Å². The summed E-state index contributed by atoms with van der Waals surface area (Å²) in [5.74, 6) is 0.369. The molecule has 0 amide bonds. The van der Waals surface area contributed by atoms with E-state index in [0.717, 1.165) is 81.5 Å². The highest BCUT2D eigenvalue weighted by atomic mass is 32.1. The van der Waals surface area contributed by atoms with E-state index in [2.05, 4.69) is 102 Å². The van der Waals surface area contributed by atoms with Crippen LogP contribution in [-0.2, 0) is 0 Å². The van der Waals surface area contributed by atoms with E-state index in [1.54, 1.807) is 17.4 Å². The van der Waals surface area contributed by atoms with Crippen LogP contribution >= 0.6 is 11.3 Å². The summed E-state index contributed by atoms with van der Waals surface area (Å²) in [7, 11) is 0. The number of benzene rings is 9. The van der Waals surface area contributed by atoms with Crippen LogP contribution in [0, 0.1) is 0 Å². The summed E-state index contributed by atoms with van der Waals surface area (Å²) in [6.45, 7) is 0. The van der Waals surface area contributed by atoms with Gasteiger partial charge in [-0.3, -0.25) is 9.13 Å². The highest BCUT2D eigenvalue weighted by Crippen LogP contribution is 2.44. The molecule has 9 aromatic carbocycles. The molecule has 0 bridgehead atoms. The van der Waals surface area contributed by atoms with Crippen LogP contribution in [-0.4, -0.2) is 23.7 Å². The quantitative estimate of drug-likeness (QED) is 0.173. The maximum absolute atomic E-state index is 9.48. The topological polar surface area (TPSA) is 40.6 Å². The minimum atomic E-state index is -0.520. The van der Waals surface area contributed by atoms with E-state index in [-0.39, 0.29) is 33.6 Å². The molecule has 0 atom stereocenters. The van der Waals surface area contributed by atoms with E-state index in [9.17, 15) is 5.48 Å². The lowest BCUT2D eigenvalue weighted by atomic mass is 9.94. The highest BCUT2D eigenvalue weighted by Gasteiger charge is 2.24. The van der Waals surface area contributed by atoms with Crippen molar-refractivity contribution in [3.8, 4) is 39.8 Å². The van der Waals surface area contributed by atoms with E-state index in [4.69, 9.17) is 15.5 Å². The number of hydrogen-bond acceptors (Lipinski definition) is 3. The van der Waals surface area contributed by atoms with E-state index in [1.165, 1.54) is 9.27 Å². The fraction of sp³-hybridized carbons (Fsp3) is 0. The number of fused-ring (bicyclic) bond motifs is 12. The molecule has 5 heterocycles. The number of nitrogens with zero attached hydrogens (tertiary/aromatic N) is 5. The second-order valence-corrected chi connectivity index (χ2v) is 17.0. The van der Waals surface area contributed by atoms with E-state index in [1.807, 2.05) is 65.2 Å². The van der Waals surface area contributed by atoms with E-state index in [0.29, 0.717) is 5.69 Å². The average Bonchev–Trinajstić information content (AvgIpc) is 4.17. The Morgan fingerprint density at radius 1 is 0.391 bits per heavy atom. The van der Waals surface area contributed by atoms with Crippen molar-refractivity contribution >= 4 is 96.9 Å². The predicted octanol–water partition coefficient (Wildman–Crippen LogP) is 15.5. The Morgan fingerprint density at radius 3 is 1.55 bits per heavy atom. The molecule has 0 aliphatic rings. The van der Waals surface area contributed by atoms with Gasteiger partial charge in [0.2, 0.25) is 5.95 Å². The van der Waals surface area contributed by atoms with Crippen molar-refractivity contribution in [2.24, 2.45) is 0 Å². The number of aromatic nitrogens is 5. The Morgan fingerprint density at radius 2 is 0.922 bits per heavy atom. The van der Waals surface area contributed by atoms with E-state index >= 15 is 0 Å². The van der Waals surface area contributed by atoms with Crippen LogP contribution in [0.4, 0.5) is 0 Å². The van der Waals surface area contributed by atoms with Crippen LogP contribution < -0.4 is 0 Å². The molecule has 0 aliphatic heterocycles. The normalized spacial score (nSPS) is 13.8. The molecule has 0 unspecified atom stereocenters. The fourth-order valence-corrected chi connectivity index (χ4v) is 11.0. The molecule has 0 saturated heterocycles. The molecule has 14 rings (SSSR count). The maximum Gasteiger partial charge on any atom is 0.237 e. The maximum atomic E-state index is 9.48. The summed E-state index contributed by atoms with van der Waals surface area (Å²) in [5, 5.41) is 6.26. The van der Waals surface area contributed by atoms with Crippen molar-refractivity contribution < 1.29 is 11.0 Å². The lowest BCUT2D eigenvalue weighted by Gasteiger charge is -2.20. The van der Waals surface area contributed by atoms with Gasteiger partial charge in [-0.05, 0) is 71.7 Å². The number of rotatable bonds is 5. The molecule has 0 N–H and O–H groups in total. The van der Waals surface area contributed by atoms with Crippen molar-refractivity contribution in [2.75, 3.05) is 0 Å². The van der Waals surface area contributed by atoms with Gasteiger partial charge < -0.3 is 4.57 Å². The first-order valence-electron chi connectivity index (χ1n) is 25.0. The fourth-order valence-electron chi connectivity index (χ4n) is 9.86. The number of para-hydroxylation sites is 6. The molecule has 0 aliphatic carbocycles. The largest absolute Gasteiger partial charge is 0.309 e. The Labute approximate surface area is 382 Å². The van der Waals surface area contributed by atoms with Gasteiger partial charge in [-0.25, -0.2) is 4.98 Å². The molecule has 0 saturated carbocycles. The summed E-state index contributed by atoms with van der Waals surface area (Å²) < 4.78 is 81.0. The first-order chi connectivity index (χ1) is 35.1. The lowest BCUT2D eigenvalue weighted by molar-refractivity contribution is 0.951. The summed E-state index contributed by atoms with van der Waals surface area (Å²) >= 11 is 1.74. The van der Waals surface area contributed by atoms with Gasteiger partial charge in [0.25, 0.3) is 0 Å². The first-order valence-corrected chi connectivity index (χ1v) is 21.8. The standard InChI is InChI=1S/C58H35N5S/c1-8-24-47-38(16-1)39-17-2-9-25-48(39)61(47)53-30-15-23-37(36-32-33-55-45(34-36)44-22-7-14-31-54(44)64-55)57(53)46-35-56(62-49-26-10-3-18-40(49)41-19-4-11-27-50(41)62)60-58(59-46)63-51-28-12-5-20-42(51)43-21-6-13-29-52(43)63/h1-35H/i3D,4D,10D,11D,18D,19D,26D,27D. The number of thiophene rings is 1. The van der Waals surface area contributed by atoms with Crippen LogP contribution in [0.1, 0.15) is 11.0 Å². The average molecular weight is 842 g/mol. The first kappa shape index (κ1) is 28.3. The van der Waals surface area contributed by atoms with Gasteiger partial charge in [0, 0.05) is 64.1 Å². The summed E-state index contributed by atoms with van der Waals surface area (Å²) in [4.78, 5) is 11.0. The minimum Gasteiger partial charge on any atom is -0.309 e. The van der Waals surface area contributed by atoms with Crippen LogP contribution in [0.15, 0.2) is 212 Å². The highest BCUT2D eigenvalue weighted by molar-refractivity contribution is 7.25. The Hall–Kier alpha value is -8.32. The van der Waals surface area contributed by atoms with Crippen molar-refractivity contribution in [1.82, 2.24) is 23.7 Å². The Bertz CT molecular complexity index is 4520. The molecule has 64 heavy (non-hydrogen) atoms. The minimum absolute atomic E-state index is 0.0356. The van der Waals surface area contributed by atoms with Crippen molar-refractivity contribution in [3.05, 3.63) is 212 Å². The second kappa shape index (κ2) is 13.6.